The van der Waals surface area contributed by atoms with Gasteiger partial charge in [0.2, 0.25) is 11.8 Å². The summed E-state index contributed by atoms with van der Waals surface area (Å²) in [6.07, 6.45) is 0.206. The molecule has 236 valence electrons. The quantitative estimate of drug-likeness (QED) is 0.165. The van der Waals surface area contributed by atoms with E-state index in [1.807, 2.05) is 56.3 Å². The molecule has 0 aliphatic heterocycles. The smallest absolute Gasteiger partial charge is 0.264 e. The molecule has 1 N–H and O–H groups in total. The zero-order chi connectivity index (χ0) is 32.6. The highest BCUT2D eigenvalue weighted by atomic mass is 35.5. The number of sulfonamides is 1. The van der Waals surface area contributed by atoms with E-state index in [1.54, 1.807) is 55.5 Å². The second kappa shape index (κ2) is 15.4. The maximum absolute atomic E-state index is 14.5. The molecule has 1 atom stereocenters. The normalized spacial score (nSPS) is 12.0. The Morgan fingerprint density at radius 3 is 2.04 bits per heavy atom. The van der Waals surface area contributed by atoms with Gasteiger partial charge >= 0.3 is 0 Å². The van der Waals surface area contributed by atoms with Crippen LogP contribution in [0.5, 0.6) is 0 Å². The van der Waals surface area contributed by atoms with Gasteiger partial charge in [0, 0.05) is 29.6 Å². The van der Waals surface area contributed by atoms with Gasteiger partial charge < -0.3 is 10.2 Å². The summed E-state index contributed by atoms with van der Waals surface area (Å²) in [5.74, 6) is -0.700. The molecule has 0 radical (unpaired) electrons. The third-order valence-electron chi connectivity index (χ3n) is 7.44. The maximum atomic E-state index is 14.5. The number of carbonyl (C=O) groups excluding carboxylic acids is 2. The molecule has 0 aliphatic carbocycles. The minimum absolute atomic E-state index is 0.0441. The Bertz CT molecular complexity index is 1700. The molecular formula is C35H37Cl2N3O4S. The van der Waals surface area contributed by atoms with Crippen LogP contribution < -0.4 is 9.62 Å². The first-order valence-corrected chi connectivity index (χ1v) is 16.9. The van der Waals surface area contributed by atoms with Gasteiger partial charge in [-0.15, -0.1) is 0 Å². The molecular weight excluding hydrogens is 629 g/mol. The van der Waals surface area contributed by atoms with Crippen LogP contribution in [-0.4, -0.2) is 44.3 Å². The van der Waals surface area contributed by atoms with Crippen molar-refractivity contribution in [3.05, 3.63) is 130 Å². The molecule has 0 aliphatic rings. The summed E-state index contributed by atoms with van der Waals surface area (Å²) in [4.78, 5) is 29.5. The molecule has 10 heteroatoms. The van der Waals surface area contributed by atoms with E-state index in [1.165, 1.54) is 17.0 Å². The predicted octanol–water partition coefficient (Wildman–Crippen LogP) is 7.09. The third kappa shape index (κ3) is 8.66. The highest BCUT2D eigenvalue weighted by Gasteiger charge is 2.34. The maximum Gasteiger partial charge on any atom is 0.264 e. The fourth-order valence-corrected chi connectivity index (χ4v) is 6.86. The first-order chi connectivity index (χ1) is 21.5. The second-order valence-electron chi connectivity index (χ2n) is 10.9. The lowest BCUT2D eigenvalue weighted by atomic mass is 10.0. The van der Waals surface area contributed by atoms with Gasteiger partial charge in [-0.3, -0.25) is 13.9 Å². The fraction of sp³-hybridized carbons (Fsp3) is 0.257. The second-order valence-corrected chi connectivity index (χ2v) is 13.6. The van der Waals surface area contributed by atoms with E-state index in [4.69, 9.17) is 23.2 Å². The minimum atomic E-state index is -4.18. The third-order valence-corrected chi connectivity index (χ3v) is 9.81. The number of hydrogen-bond donors (Lipinski definition) is 1. The number of benzene rings is 4. The molecule has 2 amide bonds. The van der Waals surface area contributed by atoms with Crippen molar-refractivity contribution in [3.63, 3.8) is 0 Å². The van der Waals surface area contributed by atoms with E-state index in [9.17, 15) is 18.0 Å². The van der Waals surface area contributed by atoms with Gasteiger partial charge in [-0.1, -0.05) is 104 Å². The van der Waals surface area contributed by atoms with E-state index in [2.05, 4.69) is 5.32 Å². The van der Waals surface area contributed by atoms with Gasteiger partial charge in [-0.05, 0) is 65.9 Å². The van der Waals surface area contributed by atoms with Crippen molar-refractivity contribution in [1.29, 1.82) is 0 Å². The average molecular weight is 667 g/mol. The number of nitrogens with one attached hydrogen (secondary N) is 1. The summed E-state index contributed by atoms with van der Waals surface area (Å²) < 4.78 is 29.3. The van der Waals surface area contributed by atoms with Gasteiger partial charge in [0.25, 0.3) is 10.0 Å². The molecule has 0 saturated carbocycles. The van der Waals surface area contributed by atoms with E-state index in [0.29, 0.717) is 27.8 Å². The first kappa shape index (κ1) is 34.0. The van der Waals surface area contributed by atoms with Gasteiger partial charge in [0.05, 0.1) is 10.6 Å². The van der Waals surface area contributed by atoms with Crippen LogP contribution in [-0.2, 0) is 32.6 Å². The zero-order valence-electron chi connectivity index (χ0n) is 25.5. The molecule has 45 heavy (non-hydrogen) atoms. The lowest BCUT2D eigenvalue weighted by molar-refractivity contribution is -0.140. The minimum Gasteiger partial charge on any atom is -0.355 e. The molecule has 4 aromatic carbocycles. The number of amides is 2. The van der Waals surface area contributed by atoms with Crippen molar-refractivity contribution in [3.8, 4) is 0 Å². The van der Waals surface area contributed by atoms with Gasteiger partial charge in [-0.25, -0.2) is 8.42 Å². The predicted molar refractivity (Wildman–Crippen MR) is 181 cm³/mol. The Morgan fingerprint density at radius 2 is 1.47 bits per heavy atom. The fourth-order valence-electron chi connectivity index (χ4n) is 4.95. The molecule has 0 fully saturated rings. The van der Waals surface area contributed by atoms with Gasteiger partial charge in [0.1, 0.15) is 12.6 Å². The van der Waals surface area contributed by atoms with Crippen molar-refractivity contribution in [2.24, 2.45) is 0 Å². The molecule has 0 aromatic heterocycles. The SMILES string of the molecule is CCNC(=O)[C@H](Cc1ccccc1)N(Cc1ccc(Cl)cc1Cl)C(=O)CN(c1ccc(C(C)C)cc1)S(=O)(=O)c1ccccc1. The summed E-state index contributed by atoms with van der Waals surface area (Å²) >= 11 is 12.7. The molecule has 0 saturated heterocycles. The van der Waals surface area contributed by atoms with Crippen LogP contribution in [0, 0.1) is 0 Å². The van der Waals surface area contributed by atoms with Crippen molar-refractivity contribution >= 4 is 50.7 Å². The Kier molecular flexibility index (Phi) is 11.7. The number of likely N-dealkylation sites (N-methyl/N-ethyl adjacent to an activating group) is 1. The Hall–Kier alpha value is -3.85. The highest BCUT2D eigenvalue weighted by Crippen LogP contribution is 2.28. The number of nitrogens with zero attached hydrogens (tertiary/aromatic N) is 2. The topological polar surface area (TPSA) is 86.8 Å². The molecule has 0 bridgehead atoms. The van der Waals surface area contributed by atoms with Crippen LogP contribution in [0.2, 0.25) is 10.0 Å². The molecule has 0 unspecified atom stereocenters. The first-order valence-electron chi connectivity index (χ1n) is 14.7. The van der Waals surface area contributed by atoms with Crippen molar-refractivity contribution in [1.82, 2.24) is 10.2 Å². The number of halogens is 2. The van der Waals surface area contributed by atoms with Gasteiger partial charge in [-0.2, -0.15) is 0 Å². The Morgan fingerprint density at radius 1 is 0.844 bits per heavy atom. The molecule has 0 spiro atoms. The lowest BCUT2D eigenvalue weighted by Crippen LogP contribution is -2.53. The number of rotatable bonds is 13. The van der Waals surface area contributed by atoms with E-state index >= 15 is 0 Å². The van der Waals surface area contributed by atoms with Crippen LogP contribution in [0.3, 0.4) is 0 Å². The summed E-state index contributed by atoms with van der Waals surface area (Å²) in [5.41, 5.74) is 2.77. The summed E-state index contributed by atoms with van der Waals surface area (Å²) in [6, 6.07) is 28.4. The molecule has 4 aromatic rings. The monoisotopic (exact) mass is 665 g/mol. The van der Waals surface area contributed by atoms with E-state index in [0.717, 1.165) is 15.4 Å². The van der Waals surface area contributed by atoms with Crippen molar-refractivity contribution in [2.45, 2.75) is 50.6 Å². The Balaban J connectivity index is 1.81. The van der Waals surface area contributed by atoms with Crippen LogP contribution in [0.1, 0.15) is 43.4 Å². The largest absolute Gasteiger partial charge is 0.355 e. The highest BCUT2D eigenvalue weighted by molar-refractivity contribution is 7.92. The summed E-state index contributed by atoms with van der Waals surface area (Å²) in [5, 5.41) is 3.60. The molecule has 4 rings (SSSR count). The standard InChI is InChI=1S/C35H37Cl2N3O4S/c1-4-38-35(42)33(21-26-11-7-5-8-12-26)39(23-28-15-18-29(36)22-32(28)37)34(41)24-40(30-19-16-27(17-20-30)25(2)3)45(43,44)31-13-9-6-10-14-31/h5-20,22,25,33H,4,21,23-24H2,1-3H3,(H,38,42)/t33-/m0/s1. The van der Waals surface area contributed by atoms with Crippen LogP contribution >= 0.6 is 23.2 Å². The average Bonchev–Trinajstić information content (AvgIpc) is 3.03. The van der Waals surface area contributed by atoms with Gasteiger partial charge in [0.15, 0.2) is 0 Å². The number of carbonyl (C=O) groups is 2. The lowest BCUT2D eigenvalue weighted by Gasteiger charge is -2.34. The zero-order valence-corrected chi connectivity index (χ0v) is 27.8. The number of hydrogen-bond acceptors (Lipinski definition) is 4. The summed E-state index contributed by atoms with van der Waals surface area (Å²) in [6.45, 7) is 5.65. The summed E-state index contributed by atoms with van der Waals surface area (Å²) in [7, 11) is -4.18. The molecule has 7 nitrogen and oxygen atoms in total. The number of anilines is 1. The van der Waals surface area contributed by atoms with Crippen molar-refractivity contribution < 1.29 is 18.0 Å². The Labute approximate surface area is 275 Å². The van der Waals surface area contributed by atoms with Crippen molar-refractivity contribution in [2.75, 3.05) is 17.4 Å². The van der Waals surface area contributed by atoms with Crippen LogP contribution in [0.25, 0.3) is 0 Å². The van der Waals surface area contributed by atoms with E-state index in [-0.39, 0.29) is 29.7 Å². The van der Waals surface area contributed by atoms with Crippen LogP contribution in [0.4, 0.5) is 5.69 Å². The van der Waals surface area contributed by atoms with Crippen LogP contribution in [0.15, 0.2) is 108 Å². The molecule has 0 heterocycles. The van der Waals surface area contributed by atoms with E-state index < -0.39 is 28.5 Å².